The molecule has 1 aliphatic heterocycles. The van der Waals surface area contributed by atoms with Crippen LogP contribution in [0.15, 0.2) is 0 Å². The zero-order valence-electron chi connectivity index (χ0n) is 8.84. The molecule has 1 saturated heterocycles. The maximum absolute atomic E-state index is 5.74. The highest BCUT2D eigenvalue weighted by molar-refractivity contribution is 4.74. The van der Waals surface area contributed by atoms with E-state index in [1.165, 1.54) is 25.7 Å². The van der Waals surface area contributed by atoms with E-state index in [9.17, 15) is 0 Å². The van der Waals surface area contributed by atoms with Crippen molar-refractivity contribution in [2.45, 2.75) is 44.3 Å². The van der Waals surface area contributed by atoms with Gasteiger partial charge in [-0.25, -0.2) is 0 Å². The summed E-state index contributed by atoms with van der Waals surface area (Å²) in [5.41, 5.74) is 0. The van der Waals surface area contributed by atoms with Gasteiger partial charge in [-0.05, 0) is 19.3 Å². The van der Waals surface area contributed by atoms with E-state index >= 15 is 0 Å². The van der Waals surface area contributed by atoms with Crippen LogP contribution in [0.2, 0.25) is 0 Å². The minimum absolute atomic E-state index is 0.474. The minimum Gasteiger partial charge on any atom is -0.378 e. The molecule has 14 heavy (non-hydrogen) atoms. The van der Waals surface area contributed by atoms with Gasteiger partial charge in [0.05, 0.1) is 12.2 Å². The average Bonchev–Trinajstić information content (AvgIpc) is 2.60. The lowest BCUT2D eigenvalue weighted by molar-refractivity contribution is -0.00487. The lowest BCUT2D eigenvalue weighted by Crippen LogP contribution is -2.48. The standard InChI is InChI=1S/C11H21NO2/c1-2-5-10(4-1)13-6-3-7-14-11-8-12-9-11/h10-12H,1-9H2. The summed E-state index contributed by atoms with van der Waals surface area (Å²) in [6, 6.07) is 0. The van der Waals surface area contributed by atoms with E-state index in [0.717, 1.165) is 32.7 Å². The molecule has 1 aliphatic carbocycles. The second kappa shape index (κ2) is 5.69. The molecule has 0 aromatic heterocycles. The number of ether oxygens (including phenoxy) is 2. The smallest absolute Gasteiger partial charge is 0.0823 e. The van der Waals surface area contributed by atoms with Gasteiger partial charge in [0.15, 0.2) is 0 Å². The van der Waals surface area contributed by atoms with Gasteiger partial charge in [0.25, 0.3) is 0 Å². The van der Waals surface area contributed by atoms with Gasteiger partial charge >= 0.3 is 0 Å². The molecule has 2 fully saturated rings. The SMILES string of the molecule is C(COC1CCCC1)COC1CNC1. The Kier molecular flexibility index (Phi) is 4.22. The van der Waals surface area contributed by atoms with Crippen LogP contribution in [0.4, 0.5) is 0 Å². The van der Waals surface area contributed by atoms with Crippen LogP contribution < -0.4 is 5.32 Å². The highest BCUT2D eigenvalue weighted by atomic mass is 16.5. The largest absolute Gasteiger partial charge is 0.378 e. The molecule has 1 N–H and O–H groups in total. The van der Waals surface area contributed by atoms with Crippen LogP contribution >= 0.6 is 0 Å². The number of hydrogen-bond donors (Lipinski definition) is 1. The molecule has 1 saturated carbocycles. The number of rotatable bonds is 6. The molecule has 0 aromatic rings. The van der Waals surface area contributed by atoms with Gasteiger partial charge < -0.3 is 14.8 Å². The second-order valence-corrected chi connectivity index (χ2v) is 4.28. The summed E-state index contributed by atoms with van der Waals surface area (Å²) < 4.78 is 11.3. The predicted octanol–water partition coefficient (Wildman–Crippen LogP) is 1.32. The Bertz CT molecular complexity index is 153. The summed E-state index contributed by atoms with van der Waals surface area (Å²) >= 11 is 0. The molecule has 0 bridgehead atoms. The zero-order valence-corrected chi connectivity index (χ0v) is 8.84. The van der Waals surface area contributed by atoms with Crippen molar-refractivity contribution in [3.63, 3.8) is 0 Å². The van der Waals surface area contributed by atoms with Crippen molar-refractivity contribution in [2.24, 2.45) is 0 Å². The maximum Gasteiger partial charge on any atom is 0.0823 e. The molecule has 1 heterocycles. The van der Waals surface area contributed by atoms with E-state index in [-0.39, 0.29) is 0 Å². The van der Waals surface area contributed by atoms with Gasteiger partial charge in [-0.3, -0.25) is 0 Å². The van der Waals surface area contributed by atoms with Gasteiger partial charge in [-0.15, -0.1) is 0 Å². The van der Waals surface area contributed by atoms with E-state index in [1.807, 2.05) is 0 Å². The Balaban J connectivity index is 1.39. The summed E-state index contributed by atoms with van der Waals surface area (Å²) in [6.07, 6.45) is 7.33. The summed E-state index contributed by atoms with van der Waals surface area (Å²) in [4.78, 5) is 0. The third kappa shape index (κ3) is 3.23. The lowest BCUT2D eigenvalue weighted by Gasteiger charge is -2.27. The van der Waals surface area contributed by atoms with Crippen molar-refractivity contribution in [3.8, 4) is 0 Å². The zero-order chi connectivity index (χ0) is 9.64. The fourth-order valence-electron chi connectivity index (χ4n) is 1.99. The third-order valence-electron chi connectivity index (χ3n) is 3.04. The first kappa shape index (κ1) is 10.4. The van der Waals surface area contributed by atoms with E-state index in [0.29, 0.717) is 12.2 Å². The van der Waals surface area contributed by atoms with Crippen molar-refractivity contribution in [2.75, 3.05) is 26.3 Å². The second-order valence-electron chi connectivity index (χ2n) is 4.28. The normalized spacial score (nSPS) is 24.0. The van der Waals surface area contributed by atoms with E-state index in [2.05, 4.69) is 5.32 Å². The maximum atomic E-state index is 5.74. The van der Waals surface area contributed by atoms with Crippen molar-refractivity contribution < 1.29 is 9.47 Å². The predicted molar refractivity (Wildman–Crippen MR) is 55.4 cm³/mol. The van der Waals surface area contributed by atoms with Crippen LogP contribution in [0.25, 0.3) is 0 Å². The van der Waals surface area contributed by atoms with Crippen LogP contribution in [0.3, 0.4) is 0 Å². The topological polar surface area (TPSA) is 30.5 Å². The molecular formula is C11H21NO2. The first-order valence-electron chi connectivity index (χ1n) is 5.89. The van der Waals surface area contributed by atoms with E-state index < -0.39 is 0 Å². The van der Waals surface area contributed by atoms with Crippen molar-refractivity contribution in [1.29, 1.82) is 0 Å². The number of hydrogen-bond acceptors (Lipinski definition) is 3. The average molecular weight is 199 g/mol. The molecule has 2 rings (SSSR count). The van der Waals surface area contributed by atoms with Crippen LogP contribution in [0.1, 0.15) is 32.1 Å². The molecule has 2 aliphatic rings. The molecule has 0 radical (unpaired) electrons. The Hall–Kier alpha value is -0.120. The highest BCUT2D eigenvalue weighted by Crippen LogP contribution is 2.20. The van der Waals surface area contributed by atoms with Gasteiger partial charge in [0.1, 0.15) is 0 Å². The molecular weight excluding hydrogens is 178 g/mol. The van der Waals surface area contributed by atoms with Gasteiger partial charge in [0, 0.05) is 26.3 Å². The summed E-state index contributed by atoms with van der Waals surface area (Å²) in [6.45, 7) is 3.80. The van der Waals surface area contributed by atoms with E-state index in [4.69, 9.17) is 9.47 Å². The summed E-state index contributed by atoms with van der Waals surface area (Å²) in [7, 11) is 0. The Morgan fingerprint density at radius 3 is 2.14 bits per heavy atom. The first-order valence-corrected chi connectivity index (χ1v) is 5.89. The highest BCUT2D eigenvalue weighted by Gasteiger charge is 2.17. The molecule has 0 aromatic carbocycles. The van der Waals surface area contributed by atoms with E-state index in [1.54, 1.807) is 0 Å². The van der Waals surface area contributed by atoms with Crippen LogP contribution in [-0.4, -0.2) is 38.5 Å². The molecule has 0 atom stereocenters. The molecule has 3 heteroatoms. The Morgan fingerprint density at radius 1 is 0.929 bits per heavy atom. The molecule has 0 spiro atoms. The first-order chi connectivity index (χ1) is 6.95. The van der Waals surface area contributed by atoms with Crippen LogP contribution in [0, 0.1) is 0 Å². The fourth-order valence-corrected chi connectivity index (χ4v) is 1.99. The molecule has 3 nitrogen and oxygen atoms in total. The third-order valence-corrected chi connectivity index (χ3v) is 3.04. The lowest BCUT2D eigenvalue weighted by atomic mass is 10.2. The Morgan fingerprint density at radius 2 is 1.57 bits per heavy atom. The van der Waals surface area contributed by atoms with Crippen molar-refractivity contribution >= 4 is 0 Å². The molecule has 0 unspecified atom stereocenters. The van der Waals surface area contributed by atoms with Crippen molar-refractivity contribution in [1.82, 2.24) is 5.32 Å². The Labute approximate surface area is 86.2 Å². The quantitative estimate of drug-likeness (QED) is 0.655. The fraction of sp³-hybridized carbons (Fsp3) is 1.00. The molecule has 0 amide bonds. The van der Waals surface area contributed by atoms with Gasteiger partial charge in [0.2, 0.25) is 0 Å². The van der Waals surface area contributed by atoms with Crippen LogP contribution in [-0.2, 0) is 9.47 Å². The molecule has 82 valence electrons. The van der Waals surface area contributed by atoms with Crippen molar-refractivity contribution in [3.05, 3.63) is 0 Å². The monoisotopic (exact) mass is 199 g/mol. The van der Waals surface area contributed by atoms with Crippen LogP contribution in [0.5, 0.6) is 0 Å². The number of nitrogens with one attached hydrogen (secondary N) is 1. The summed E-state index contributed by atoms with van der Waals surface area (Å²) in [5, 5.41) is 3.19. The minimum atomic E-state index is 0.474. The van der Waals surface area contributed by atoms with Gasteiger partial charge in [-0.2, -0.15) is 0 Å². The summed E-state index contributed by atoms with van der Waals surface area (Å²) in [5.74, 6) is 0. The van der Waals surface area contributed by atoms with Gasteiger partial charge in [-0.1, -0.05) is 12.8 Å².